The summed E-state index contributed by atoms with van der Waals surface area (Å²) >= 11 is 1.86. The quantitative estimate of drug-likeness (QED) is 0.841. The Morgan fingerprint density at radius 1 is 1.53 bits per heavy atom. The number of thiophene rings is 1. The van der Waals surface area contributed by atoms with E-state index in [1.807, 2.05) is 11.3 Å². The van der Waals surface area contributed by atoms with Crippen LogP contribution in [0.1, 0.15) is 49.6 Å². The number of nitrogens with one attached hydrogen (secondary N) is 2. The highest BCUT2D eigenvalue weighted by molar-refractivity contribution is 7.10. The Balaban J connectivity index is 1.71. The Morgan fingerprint density at radius 2 is 2.37 bits per heavy atom. The van der Waals surface area contributed by atoms with Gasteiger partial charge in [0.2, 0.25) is 5.91 Å². The van der Waals surface area contributed by atoms with Gasteiger partial charge in [0.05, 0.1) is 0 Å². The first kappa shape index (κ1) is 14.5. The minimum atomic E-state index is 0.155. The molecule has 0 saturated carbocycles. The number of fused-ring (bicyclic) bond motifs is 1. The molecule has 3 nitrogen and oxygen atoms in total. The predicted octanol–water partition coefficient (Wildman–Crippen LogP) is 2.88. The average Bonchev–Trinajstić information content (AvgIpc) is 2.85. The van der Waals surface area contributed by atoms with Crippen molar-refractivity contribution in [2.24, 2.45) is 5.92 Å². The molecule has 1 atom stereocenters. The summed E-state index contributed by atoms with van der Waals surface area (Å²) in [7, 11) is 0. The minimum absolute atomic E-state index is 0.155. The third kappa shape index (κ3) is 4.32. The number of carbonyl (C=O) groups is 1. The van der Waals surface area contributed by atoms with Gasteiger partial charge in [0.1, 0.15) is 0 Å². The van der Waals surface area contributed by atoms with E-state index >= 15 is 0 Å². The summed E-state index contributed by atoms with van der Waals surface area (Å²) in [4.78, 5) is 13.2. The van der Waals surface area contributed by atoms with Crippen LogP contribution in [0.25, 0.3) is 0 Å². The normalized spacial score (nSPS) is 18.4. The Bertz CT molecular complexity index is 414. The van der Waals surface area contributed by atoms with E-state index in [1.54, 1.807) is 0 Å². The predicted molar refractivity (Wildman–Crippen MR) is 80.5 cm³/mol. The van der Waals surface area contributed by atoms with Gasteiger partial charge in [-0.1, -0.05) is 13.8 Å². The molecule has 2 N–H and O–H groups in total. The van der Waals surface area contributed by atoms with E-state index in [1.165, 1.54) is 29.7 Å². The Labute approximate surface area is 119 Å². The fourth-order valence-electron chi connectivity index (χ4n) is 2.46. The van der Waals surface area contributed by atoms with Crippen molar-refractivity contribution in [1.82, 2.24) is 10.6 Å². The third-order valence-corrected chi connectivity index (χ3v) is 4.50. The number of carbonyl (C=O) groups excluding carboxylic acids is 1. The second kappa shape index (κ2) is 7.06. The van der Waals surface area contributed by atoms with Crippen LogP contribution in [0.5, 0.6) is 0 Å². The molecule has 0 saturated heterocycles. The summed E-state index contributed by atoms with van der Waals surface area (Å²) in [6, 6.07) is 2.68. The minimum Gasteiger partial charge on any atom is -0.356 e. The molecule has 2 rings (SSSR count). The highest BCUT2D eigenvalue weighted by Gasteiger charge is 2.20. The van der Waals surface area contributed by atoms with Crippen LogP contribution in [0.4, 0.5) is 0 Å². The molecule has 106 valence electrons. The number of hydrogen-bond acceptors (Lipinski definition) is 3. The van der Waals surface area contributed by atoms with Gasteiger partial charge in [-0.05, 0) is 42.2 Å². The van der Waals surface area contributed by atoms with Gasteiger partial charge in [-0.25, -0.2) is 0 Å². The van der Waals surface area contributed by atoms with Gasteiger partial charge >= 0.3 is 0 Å². The highest BCUT2D eigenvalue weighted by Crippen LogP contribution is 2.33. The lowest BCUT2D eigenvalue weighted by molar-refractivity contribution is -0.121. The van der Waals surface area contributed by atoms with E-state index in [9.17, 15) is 4.79 Å². The second-order valence-electron chi connectivity index (χ2n) is 5.65. The maximum Gasteiger partial charge on any atom is 0.221 e. The van der Waals surface area contributed by atoms with E-state index in [0.29, 0.717) is 18.4 Å². The zero-order valence-corrected chi connectivity index (χ0v) is 12.7. The van der Waals surface area contributed by atoms with Gasteiger partial charge in [-0.15, -0.1) is 11.3 Å². The van der Waals surface area contributed by atoms with Crippen LogP contribution >= 0.6 is 11.3 Å². The van der Waals surface area contributed by atoms with Crippen molar-refractivity contribution in [3.05, 3.63) is 21.9 Å². The average molecular weight is 280 g/mol. The largest absolute Gasteiger partial charge is 0.356 e. The lowest BCUT2D eigenvalue weighted by Gasteiger charge is -2.23. The van der Waals surface area contributed by atoms with Crippen molar-refractivity contribution in [2.75, 3.05) is 13.1 Å². The Hall–Kier alpha value is -0.870. The van der Waals surface area contributed by atoms with E-state index in [-0.39, 0.29) is 5.91 Å². The number of hydrogen-bond donors (Lipinski definition) is 2. The van der Waals surface area contributed by atoms with E-state index in [0.717, 1.165) is 13.1 Å². The third-order valence-electron chi connectivity index (χ3n) is 3.50. The highest BCUT2D eigenvalue weighted by atomic mass is 32.1. The molecule has 0 aromatic carbocycles. The fourth-order valence-corrected chi connectivity index (χ4v) is 3.45. The molecule has 1 heterocycles. The first-order valence-electron chi connectivity index (χ1n) is 7.23. The lowest BCUT2D eigenvalue weighted by atomic mass is 9.94. The molecule has 4 heteroatoms. The Morgan fingerprint density at radius 3 is 3.16 bits per heavy atom. The zero-order valence-electron chi connectivity index (χ0n) is 11.9. The molecule has 1 amide bonds. The van der Waals surface area contributed by atoms with Crippen molar-refractivity contribution in [2.45, 2.75) is 45.6 Å². The van der Waals surface area contributed by atoms with E-state index in [2.05, 4.69) is 35.9 Å². The van der Waals surface area contributed by atoms with Crippen molar-refractivity contribution in [1.29, 1.82) is 0 Å². The first-order valence-corrected chi connectivity index (χ1v) is 8.11. The molecule has 0 fully saturated rings. The van der Waals surface area contributed by atoms with Gasteiger partial charge in [0, 0.05) is 30.4 Å². The van der Waals surface area contributed by atoms with Crippen LogP contribution in [0.2, 0.25) is 0 Å². The van der Waals surface area contributed by atoms with Gasteiger partial charge in [-0.2, -0.15) is 0 Å². The van der Waals surface area contributed by atoms with Crippen LogP contribution in [-0.4, -0.2) is 19.0 Å². The second-order valence-corrected chi connectivity index (χ2v) is 6.65. The summed E-state index contributed by atoms with van der Waals surface area (Å²) in [5.41, 5.74) is 1.46. The molecule has 19 heavy (non-hydrogen) atoms. The number of aryl methyl sites for hydroxylation is 1. The molecule has 0 radical (unpaired) electrons. The molecule has 1 aliphatic carbocycles. The fraction of sp³-hybridized carbons (Fsp3) is 0.667. The van der Waals surface area contributed by atoms with Crippen LogP contribution in [0, 0.1) is 5.92 Å². The molecule has 1 aromatic rings. The van der Waals surface area contributed by atoms with Gasteiger partial charge in [-0.3, -0.25) is 4.79 Å². The molecule has 0 spiro atoms. The van der Waals surface area contributed by atoms with Crippen molar-refractivity contribution >= 4 is 17.2 Å². The van der Waals surface area contributed by atoms with Crippen molar-refractivity contribution < 1.29 is 4.79 Å². The lowest BCUT2D eigenvalue weighted by Crippen LogP contribution is -2.32. The molecule has 0 aliphatic heterocycles. The van der Waals surface area contributed by atoms with Crippen LogP contribution in [-0.2, 0) is 11.2 Å². The number of amides is 1. The first-order chi connectivity index (χ1) is 9.16. The van der Waals surface area contributed by atoms with Gasteiger partial charge in [0.25, 0.3) is 0 Å². The Kier molecular flexibility index (Phi) is 5.40. The van der Waals surface area contributed by atoms with Crippen molar-refractivity contribution in [3.63, 3.8) is 0 Å². The summed E-state index contributed by atoms with van der Waals surface area (Å²) in [6.07, 6.45) is 4.24. The molecular formula is C15H24N2OS. The van der Waals surface area contributed by atoms with E-state index < -0.39 is 0 Å². The molecule has 1 aromatic heterocycles. The molecule has 1 aliphatic rings. The summed E-state index contributed by atoms with van der Waals surface area (Å²) in [6.45, 7) is 5.76. The maximum absolute atomic E-state index is 11.6. The maximum atomic E-state index is 11.6. The molecular weight excluding hydrogens is 256 g/mol. The summed E-state index contributed by atoms with van der Waals surface area (Å²) in [5.74, 6) is 0.672. The SMILES string of the molecule is CC(C)CNC(=O)CCNC1CCCc2sccc21. The van der Waals surface area contributed by atoms with Crippen molar-refractivity contribution in [3.8, 4) is 0 Å². The molecule has 0 bridgehead atoms. The smallest absolute Gasteiger partial charge is 0.221 e. The van der Waals surface area contributed by atoms with E-state index in [4.69, 9.17) is 0 Å². The zero-order chi connectivity index (χ0) is 13.7. The van der Waals surface area contributed by atoms with Crippen LogP contribution in [0.15, 0.2) is 11.4 Å². The van der Waals surface area contributed by atoms with Crippen LogP contribution in [0.3, 0.4) is 0 Å². The monoisotopic (exact) mass is 280 g/mol. The van der Waals surface area contributed by atoms with Gasteiger partial charge < -0.3 is 10.6 Å². The molecule has 1 unspecified atom stereocenters. The summed E-state index contributed by atoms with van der Waals surface area (Å²) < 4.78 is 0. The standard InChI is InChI=1S/C15H24N2OS/c1-11(2)10-17-15(18)6-8-16-13-4-3-5-14-12(13)7-9-19-14/h7,9,11,13,16H,3-6,8,10H2,1-2H3,(H,17,18). The summed E-state index contributed by atoms with van der Waals surface area (Å²) in [5, 5.41) is 8.67. The number of rotatable bonds is 6. The van der Waals surface area contributed by atoms with Gasteiger partial charge in [0.15, 0.2) is 0 Å². The topological polar surface area (TPSA) is 41.1 Å². The van der Waals surface area contributed by atoms with Crippen LogP contribution < -0.4 is 10.6 Å².